The van der Waals surface area contributed by atoms with Crippen molar-refractivity contribution in [2.75, 3.05) is 45.8 Å². The Morgan fingerprint density at radius 3 is 2.15 bits per heavy atom. The van der Waals surface area contributed by atoms with E-state index in [4.69, 9.17) is 4.74 Å². The van der Waals surface area contributed by atoms with Gasteiger partial charge in [0.2, 0.25) is 11.8 Å². The Morgan fingerprint density at radius 1 is 0.912 bits per heavy atom. The van der Waals surface area contributed by atoms with Crippen molar-refractivity contribution < 1.29 is 19.1 Å². The Bertz CT molecular complexity index is 850. The summed E-state index contributed by atoms with van der Waals surface area (Å²) in [6.07, 6.45) is 3.90. The van der Waals surface area contributed by atoms with Gasteiger partial charge in [0, 0.05) is 44.2 Å². The maximum Gasteiger partial charge on any atom is 0.253 e. The van der Waals surface area contributed by atoms with Crippen molar-refractivity contribution >= 4 is 17.7 Å². The van der Waals surface area contributed by atoms with Crippen LogP contribution in [0.5, 0.6) is 0 Å². The molecule has 3 fully saturated rings. The quantitative estimate of drug-likeness (QED) is 0.687. The summed E-state index contributed by atoms with van der Waals surface area (Å²) < 4.78 is 5.74. The molecule has 0 bridgehead atoms. The molecule has 1 aromatic carbocycles. The molecule has 2 atom stereocenters. The number of amides is 3. The number of carbonyl (C=O) groups excluding carboxylic acids is 3. The number of carbonyl (C=O) groups is 3. The Kier molecular flexibility index (Phi) is 8.21. The van der Waals surface area contributed by atoms with Crippen LogP contribution in [0.25, 0.3) is 0 Å². The summed E-state index contributed by atoms with van der Waals surface area (Å²) >= 11 is 0. The van der Waals surface area contributed by atoms with Gasteiger partial charge in [0.15, 0.2) is 0 Å². The minimum Gasteiger partial charge on any atom is -0.372 e. The highest BCUT2D eigenvalue weighted by atomic mass is 16.5. The molecule has 1 aromatic rings. The molecule has 0 radical (unpaired) electrons. The van der Waals surface area contributed by atoms with Crippen molar-refractivity contribution in [1.82, 2.24) is 20.0 Å². The fourth-order valence-corrected chi connectivity index (χ4v) is 5.28. The summed E-state index contributed by atoms with van der Waals surface area (Å²) in [4.78, 5) is 43.8. The molecule has 34 heavy (non-hydrogen) atoms. The molecule has 1 N–H and O–H groups in total. The van der Waals surface area contributed by atoms with E-state index in [2.05, 4.69) is 10.2 Å². The fourth-order valence-electron chi connectivity index (χ4n) is 5.28. The Morgan fingerprint density at radius 2 is 1.53 bits per heavy atom. The van der Waals surface area contributed by atoms with Gasteiger partial charge in [-0.15, -0.1) is 0 Å². The topological polar surface area (TPSA) is 82.2 Å². The normalized spacial score (nSPS) is 24.3. The number of nitrogens with zero attached hydrogens (tertiary/aromatic N) is 3. The molecule has 8 nitrogen and oxygen atoms in total. The standard InChI is InChI=1S/C26H38N4O4/c1-19-16-30(17-20(2)34-19)26(33)23-9-13-28(14-10-23)18-24(31)27-15-21-5-7-22(8-6-21)25(32)29-11-3-4-12-29/h5-8,19-20,23H,3-4,9-18H2,1-2H3,(H,27,31). The number of likely N-dealkylation sites (tertiary alicyclic amines) is 2. The molecule has 8 heteroatoms. The molecule has 3 heterocycles. The second-order valence-electron chi connectivity index (χ2n) is 10.0. The summed E-state index contributed by atoms with van der Waals surface area (Å²) in [5.41, 5.74) is 1.68. The van der Waals surface area contributed by atoms with Gasteiger partial charge < -0.3 is 19.9 Å². The number of piperidine rings is 1. The highest BCUT2D eigenvalue weighted by Gasteiger charge is 2.33. The van der Waals surface area contributed by atoms with Crippen LogP contribution < -0.4 is 5.32 Å². The highest BCUT2D eigenvalue weighted by molar-refractivity contribution is 5.94. The third-order valence-electron chi connectivity index (χ3n) is 7.12. The fraction of sp³-hybridized carbons (Fsp3) is 0.654. The molecule has 3 aliphatic heterocycles. The number of morpholine rings is 1. The molecular formula is C26H38N4O4. The van der Waals surface area contributed by atoms with E-state index in [0.29, 0.717) is 31.7 Å². The van der Waals surface area contributed by atoms with Crippen LogP contribution in [-0.4, -0.2) is 90.4 Å². The molecular weight excluding hydrogens is 432 g/mol. The van der Waals surface area contributed by atoms with E-state index in [1.54, 1.807) is 0 Å². The molecule has 3 aliphatic rings. The SMILES string of the molecule is CC1CN(C(=O)C2CCN(CC(=O)NCc3ccc(C(=O)N4CCCC4)cc3)CC2)CC(C)O1. The number of rotatable bonds is 6. The van der Waals surface area contributed by atoms with Crippen LogP contribution in [0.1, 0.15) is 55.5 Å². The van der Waals surface area contributed by atoms with Crippen molar-refractivity contribution in [3.05, 3.63) is 35.4 Å². The zero-order valence-electron chi connectivity index (χ0n) is 20.5. The second-order valence-corrected chi connectivity index (χ2v) is 10.0. The number of nitrogens with one attached hydrogen (secondary N) is 1. The van der Waals surface area contributed by atoms with Gasteiger partial charge in [-0.1, -0.05) is 12.1 Å². The van der Waals surface area contributed by atoms with E-state index in [1.165, 1.54) is 0 Å². The lowest BCUT2D eigenvalue weighted by atomic mass is 9.94. The van der Waals surface area contributed by atoms with Gasteiger partial charge >= 0.3 is 0 Å². The lowest BCUT2D eigenvalue weighted by molar-refractivity contribution is -0.148. The second kappa shape index (κ2) is 11.3. The zero-order chi connectivity index (χ0) is 24.1. The van der Waals surface area contributed by atoms with E-state index in [0.717, 1.165) is 57.4 Å². The Labute approximate surface area is 202 Å². The van der Waals surface area contributed by atoms with Crippen LogP contribution in [0.15, 0.2) is 24.3 Å². The molecule has 0 spiro atoms. The molecule has 0 aliphatic carbocycles. The maximum atomic E-state index is 12.9. The zero-order valence-corrected chi connectivity index (χ0v) is 20.5. The summed E-state index contributed by atoms with van der Waals surface area (Å²) in [6, 6.07) is 7.52. The highest BCUT2D eigenvalue weighted by Crippen LogP contribution is 2.22. The number of hydrogen-bond donors (Lipinski definition) is 1. The smallest absolute Gasteiger partial charge is 0.253 e. The van der Waals surface area contributed by atoms with E-state index in [1.807, 2.05) is 47.9 Å². The first kappa shape index (κ1) is 24.7. The van der Waals surface area contributed by atoms with Gasteiger partial charge in [-0.05, 0) is 70.3 Å². The van der Waals surface area contributed by atoms with Gasteiger partial charge in [0.1, 0.15) is 0 Å². The lowest BCUT2D eigenvalue weighted by Gasteiger charge is -2.39. The first-order valence-electron chi connectivity index (χ1n) is 12.7. The van der Waals surface area contributed by atoms with E-state index in [-0.39, 0.29) is 35.8 Å². The van der Waals surface area contributed by atoms with Crippen LogP contribution in [0.2, 0.25) is 0 Å². The van der Waals surface area contributed by atoms with Crippen molar-refractivity contribution in [3.63, 3.8) is 0 Å². The van der Waals surface area contributed by atoms with Crippen molar-refractivity contribution in [3.8, 4) is 0 Å². The minimum absolute atomic E-state index is 0.0159. The molecule has 2 unspecified atom stereocenters. The van der Waals surface area contributed by atoms with Gasteiger partial charge in [0.05, 0.1) is 18.8 Å². The van der Waals surface area contributed by atoms with Crippen molar-refractivity contribution in [2.24, 2.45) is 5.92 Å². The molecule has 0 aromatic heterocycles. The van der Waals surface area contributed by atoms with Crippen LogP contribution in [0, 0.1) is 5.92 Å². The van der Waals surface area contributed by atoms with E-state index in [9.17, 15) is 14.4 Å². The average Bonchev–Trinajstić information content (AvgIpc) is 3.37. The third-order valence-corrected chi connectivity index (χ3v) is 7.12. The monoisotopic (exact) mass is 470 g/mol. The van der Waals surface area contributed by atoms with Gasteiger partial charge in [-0.3, -0.25) is 19.3 Å². The Hall–Kier alpha value is -2.45. The number of ether oxygens (including phenoxy) is 1. The van der Waals surface area contributed by atoms with Gasteiger partial charge in [-0.25, -0.2) is 0 Å². The molecule has 3 amide bonds. The van der Waals surface area contributed by atoms with Crippen molar-refractivity contribution in [1.29, 1.82) is 0 Å². The number of benzene rings is 1. The van der Waals surface area contributed by atoms with Crippen molar-refractivity contribution in [2.45, 2.75) is 58.3 Å². The predicted octanol–water partition coefficient (Wildman–Crippen LogP) is 1.89. The predicted molar refractivity (Wildman–Crippen MR) is 129 cm³/mol. The van der Waals surface area contributed by atoms with E-state index >= 15 is 0 Å². The van der Waals surface area contributed by atoms with Crippen LogP contribution in [0.3, 0.4) is 0 Å². The molecule has 4 rings (SSSR count). The minimum atomic E-state index is -0.0159. The Balaban J connectivity index is 1.17. The van der Waals surface area contributed by atoms with Crippen LogP contribution in [-0.2, 0) is 20.9 Å². The largest absolute Gasteiger partial charge is 0.372 e. The summed E-state index contributed by atoms with van der Waals surface area (Å²) in [5, 5.41) is 2.98. The molecule has 3 saturated heterocycles. The van der Waals surface area contributed by atoms with Crippen LogP contribution >= 0.6 is 0 Å². The number of hydrogen-bond acceptors (Lipinski definition) is 5. The van der Waals surface area contributed by atoms with Crippen LogP contribution in [0.4, 0.5) is 0 Å². The van der Waals surface area contributed by atoms with Gasteiger partial charge in [-0.2, -0.15) is 0 Å². The summed E-state index contributed by atoms with van der Waals surface area (Å²) in [5.74, 6) is 0.349. The molecule has 0 saturated carbocycles. The maximum absolute atomic E-state index is 12.9. The average molecular weight is 471 g/mol. The first-order valence-corrected chi connectivity index (χ1v) is 12.7. The van der Waals surface area contributed by atoms with Gasteiger partial charge in [0.25, 0.3) is 5.91 Å². The summed E-state index contributed by atoms with van der Waals surface area (Å²) in [6.45, 7) is 9.34. The summed E-state index contributed by atoms with van der Waals surface area (Å²) in [7, 11) is 0. The molecule has 186 valence electrons. The first-order chi connectivity index (χ1) is 16.4. The van der Waals surface area contributed by atoms with E-state index < -0.39 is 0 Å². The third kappa shape index (κ3) is 6.36. The lowest BCUT2D eigenvalue weighted by Crippen LogP contribution is -2.51.